The topological polar surface area (TPSA) is 29.1 Å². The Labute approximate surface area is 103 Å². The van der Waals surface area contributed by atoms with Crippen molar-refractivity contribution in [3.05, 3.63) is 42.0 Å². The Morgan fingerprint density at radius 2 is 1.42 bits per heavy atom. The summed E-state index contributed by atoms with van der Waals surface area (Å²) >= 11 is 0. The Balaban J connectivity index is 3.32. The molecule has 1 amide bonds. The maximum absolute atomic E-state index is 12.5. The number of hydrogen-bond acceptors (Lipinski definition) is 1. The van der Waals surface area contributed by atoms with Gasteiger partial charge in [0.05, 0.1) is 11.1 Å². The zero-order valence-corrected chi connectivity index (χ0v) is 9.19. The number of carbonyl (C=O) groups is 1. The lowest BCUT2D eigenvalue weighted by molar-refractivity contribution is -0.143. The highest BCUT2D eigenvalue weighted by atomic mass is 19.4. The van der Waals surface area contributed by atoms with E-state index in [1.807, 2.05) is 5.32 Å². The van der Waals surface area contributed by atoms with Crippen LogP contribution in [0.5, 0.6) is 0 Å². The second-order valence-electron chi connectivity index (χ2n) is 3.49. The van der Waals surface area contributed by atoms with E-state index in [1.54, 1.807) is 0 Å². The van der Waals surface area contributed by atoms with Crippen molar-refractivity contribution in [2.24, 2.45) is 0 Å². The summed E-state index contributed by atoms with van der Waals surface area (Å²) < 4.78 is 74.7. The van der Waals surface area contributed by atoms with Crippen LogP contribution in [0.4, 0.5) is 32.0 Å². The Morgan fingerprint density at radius 3 is 1.74 bits per heavy atom. The molecule has 19 heavy (non-hydrogen) atoms. The zero-order valence-electron chi connectivity index (χ0n) is 9.19. The predicted molar refractivity (Wildman–Crippen MR) is 55.3 cm³/mol. The van der Waals surface area contributed by atoms with Gasteiger partial charge in [0, 0.05) is 5.69 Å². The quantitative estimate of drug-likeness (QED) is 0.648. The summed E-state index contributed by atoms with van der Waals surface area (Å²) in [6.45, 7) is 3.04. The summed E-state index contributed by atoms with van der Waals surface area (Å²) in [5.41, 5.74) is -3.60. The molecule has 0 unspecified atom stereocenters. The van der Waals surface area contributed by atoms with Crippen molar-refractivity contribution in [1.29, 1.82) is 0 Å². The molecule has 1 N–H and O–H groups in total. The molecule has 0 saturated heterocycles. The minimum atomic E-state index is -4.95. The van der Waals surface area contributed by atoms with Crippen molar-refractivity contribution in [1.82, 2.24) is 0 Å². The molecule has 0 radical (unpaired) electrons. The molecule has 8 heteroatoms. The number of benzene rings is 1. The lowest BCUT2D eigenvalue weighted by Gasteiger charge is -2.14. The molecule has 1 aromatic rings. The highest BCUT2D eigenvalue weighted by molar-refractivity contribution is 5.99. The van der Waals surface area contributed by atoms with E-state index in [0.717, 1.165) is 6.08 Å². The summed E-state index contributed by atoms with van der Waals surface area (Å²) in [5, 5.41) is 1.86. The lowest BCUT2D eigenvalue weighted by atomic mass is 10.1. The number of amides is 1. The summed E-state index contributed by atoms with van der Waals surface area (Å²) in [6, 6.07) is 0.802. The van der Waals surface area contributed by atoms with Gasteiger partial charge in [0.25, 0.3) is 0 Å². The minimum absolute atomic E-state index is 0.0242. The van der Waals surface area contributed by atoms with E-state index in [4.69, 9.17) is 0 Å². The van der Waals surface area contributed by atoms with Gasteiger partial charge >= 0.3 is 12.4 Å². The van der Waals surface area contributed by atoms with Crippen LogP contribution in [-0.2, 0) is 17.1 Å². The first kappa shape index (κ1) is 15.1. The van der Waals surface area contributed by atoms with Crippen molar-refractivity contribution < 1.29 is 31.1 Å². The van der Waals surface area contributed by atoms with Gasteiger partial charge in [-0.2, -0.15) is 26.3 Å². The summed E-state index contributed by atoms with van der Waals surface area (Å²) in [5.74, 6) is -0.910. The first-order valence-corrected chi connectivity index (χ1v) is 4.77. The average molecular weight is 283 g/mol. The Bertz CT molecular complexity index is 471. The third kappa shape index (κ3) is 4.01. The Kier molecular flexibility index (Phi) is 3.92. The van der Waals surface area contributed by atoms with Gasteiger partial charge in [-0.15, -0.1) is 0 Å². The molecule has 0 aromatic heterocycles. The molecular weight excluding hydrogens is 276 g/mol. The van der Waals surface area contributed by atoms with Gasteiger partial charge in [0.15, 0.2) is 0 Å². The van der Waals surface area contributed by atoms with Gasteiger partial charge in [0.2, 0.25) is 5.91 Å². The number of anilines is 1. The van der Waals surface area contributed by atoms with Crippen molar-refractivity contribution in [3.8, 4) is 0 Å². The van der Waals surface area contributed by atoms with Crippen LogP contribution in [0.1, 0.15) is 11.1 Å². The van der Waals surface area contributed by atoms with Crippen LogP contribution >= 0.6 is 0 Å². The molecule has 0 aliphatic carbocycles. The first-order chi connectivity index (χ1) is 8.54. The van der Waals surface area contributed by atoms with Gasteiger partial charge in [-0.3, -0.25) is 4.79 Å². The van der Waals surface area contributed by atoms with Crippen LogP contribution in [0.2, 0.25) is 0 Å². The highest BCUT2D eigenvalue weighted by Crippen LogP contribution is 2.37. The fourth-order valence-corrected chi connectivity index (χ4v) is 1.22. The average Bonchev–Trinajstić information content (AvgIpc) is 2.26. The molecule has 0 fully saturated rings. The van der Waals surface area contributed by atoms with Crippen molar-refractivity contribution in [2.75, 3.05) is 5.32 Å². The van der Waals surface area contributed by atoms with Gasteiger partial charge in [0.1, 0.15) is 0 Å². The predicted octanol–water partition coefficient (Wildman–Crippen LogP) is 3.85. The molecule has 2 nitrogen and oxygen atoms in total. The number of alkyl halides is 6. The largest absolute Gasteiger partial charge is 0.416 e. The van der Waals surface area contributed by atoms with Crippen molar-refractivity contribution >= 4 is 11.6 Å². The summed E-state index contributed by atoms with van der Waals surface area (Å²) in [7, 11) is 0. The molecular formula is C11H7F6NO. The molecule has 0 saturated carbocycles. The van der Waals surface area contributed by atoms with E-state index >= 15 is 0 Å². The van der Waals surface area contributed by atoms with Gasteiger partial charge in [-0.1, -0.05) is 6.58 Å². The van der Waals surface area contributed by atoms with E-state index < -0.39 is 35.1 Å². The molecule has 104 valence electrons. The smallest absolute Gasteiger partial charge is 0.323 e. The standard InChI is InChI=1S/C11H7F6NO/c1-2-9(19)18-8-4-6(10(12,13)14)3-7(5-8)11(15,16)17/h2-5H,1H2,(H,18,19). The molecule has 1 aromatic carbocycles. The van der Waals surface area contributed by atoms with Crippen LogP contribution in [0, 0.1) is 0 Å². The van der Waals surface area contributed by atoms with E-state index in [0.29, 0.717) is 12.1 Å². The number of halogens is 6. The molecule has 0 bridgehead atoms. The SMILES string of the molecule is C=CC(=O)Nc1cc(C(F)(F)F)cc(C(F)(F)F)c1. The second-order valence-corrected chi connectivity index (χ2v) is 3.49. The highest BCUT2D eigenvalue weighted by Gasteiger charge is 2.36. The fourth-order valence-electron chi connectivity index (χ4n) is 1.22. The molecule has 0 atom stereocenters. The molecule has 1 rings (SSSR count). The van der Waals surface area contributed by atoms with Crippen LogP contribution in [-0.4, -0.2) is 5.91 Å². The van der Waals surface area contributed by atoms with Gasteiger partial charge < -0.3 is 5.32 Å². The van der Waals surface area contributed by atoms with Gasteiger partial charge in [-0.25, -0.2) is 0 Å². The third-order valence-corrected chi connectivity index (χ3v) is 2.04. The summed E-state index contributed by atoms with van der Waals surface area (Å²) in [4.78, 5) is 10.9. The van der Waals surface area contributed by atoms with E-state index in [2.05, 4.69) is 6.58 Å². The molecule has 0 spiro atoms. The van der Waals surface area contributed by atoms with Crippen LogP contribution in [0.3, 0.4) is 0 Å². The minimum Gasteiger partial charge on any atom is -0.323 e. The van der Waals surface area contributed by atoms with Crippen LogP contribution < -0.4 is 5.32 Å². The zero-order chi connectivity index (χ0) is 14.8. The summed E-state index contributed by atoms with van der Waals surface area (Å²) in [6.07, 6.45) is -9.17. The normalized spacial score (nSPS) is 12.1. The molecule has 0 heterocycles. The van der Waals surface area contributed by atoms with Crippen LogP contribution in [0.15, 0.2) is 30.9 Å². The first-order valence-electron chi connectivity index (χ1n) is 4.77. The monoisotopic (exact) mass is 283 g/mol. The maximum atomic E-state index is 12.5. The maximum Gasteiger partial charge on any atom is 0.416 e. The van der Waals surface area contributed by atoms with E-state index in [9.17, 15) is 31.1 Å². The Morgan fingerprint density at radius 1 is 1.00 bits per heavy atom. The van der Waals surface area contributed by atoms with Crippen molar-refractivity contribution in [2.45, 2.75) is 12.4 Å². The van der Waals surface area contributed by atoms with Crippen LogP contribution in [0.25, 0.3) is 0 Å². The van der Waals surface area contributed by atoms with Gasteiger partial charge in [-0.05, 0) is 24.3 Å². The number of rotatable bonds is 2. The second kappa shape index (κ2) is 4.94. The van der Waals surface area contributed by atoms with Crippen molar-refractivity contribution in [3.63, 3.8) is 0 Å². The molecule has 0 aliphatic heterocycles. The van der Waals surface area contributed by atoms with E-state index in [1.165, 1.54) is 0 Å². The number of nitrogens with one attached hydrogen (secondary N) is 1. The molecule has 0 aliphatic rings. The number of hydrogen-bond donors (Lipinski definition) is 1. The Hall–Kier alpha value is -1.99. The fraction of sp³-hybridized carbons (Fsp3) is 0.182. The third-order valence-electron chi connectivity index (χ3n) is 2.04. The van der Waals surface area contributed by atoms with E-state index in [-0.39, 0.29) is 6.07 Å². The number of carbonyl (C=O) groups excluding carboxylic acids is 1. The lowest BCUT2D eigenvalue weighted by Crippen LogP contribution is -2.14.